The van der Waals surface area contributed by atoms with Crippen LogP contribution < -0.4 is 10.5 Å². The van der Waals surface area contributed by atoms with Gasteiger partial charge < -0.3 is 10.6 Å². The van der Waals surface area contributed by atoms with Crippen molar-refractivity contribution in [2.24, 2.45) is 5.92 Å². The molecule has 1 atom stereocenters. The first-order chi connectivity index (χ1) is 9.87. The maximum Gasteiger partial charge on any atom is 0.241 e. The molecule has 1 unspecified atom stereocenters. The molecule has 3 heterocycles. The molecule has 3 N–H and O–H groups in total. The molecular weight excluding hydrogens is 293 g/mol. The fraction of sp³-hybridized carbons (Fsp3) is 0.571. The summed E-state index contributed by atoms with van der Waals surface area (Å²) in [6.07, 6.45) is 2.05. The highest BCUT2D eigenvalue weighted by Crippen LogP contribution is 2.29. The lowest BCUT2D eigenvalue weighted by atomic mass is 9.85. The van der Waals surface area contributed by atoms with Gasteiger partial charge in [-0.2, -0.15) is 0 Å². The van der Waals surface area contributed by atoms with Gasteiger partial charge in [0.15, 0.2) is 0 Å². The number of piperidine rings is 3. The predicted molar refractivity (Wildman–Crippen MR) is 78.8 cm³/mol. The van der Waals surface area contributed by atoms with E-state index in [0.29, 0.717) is 11.5 Å². The van der Waals surface area contributed by atoms with Crippen molar-refractivity contribution in [1.82, 2.24) is 9.62 Å². The van der Waals surface area contributed by atoms with Gasteiger partial charge in [-0.25, -0.2) is 17.5 Å². The summed E-state index contributed by atoms with van der Waals surface area (Å²) in [6.45, 7) is 4.42. The Morgan fingerprint density at radius 1 is 1.33 bits per heavy atom. The molecule has 0 amide bonds. The number of hydrogen-bond acceptors (Lipinski definition) is 4. The zero-order chi connectivity index (χ0) is 15.2. The van der Waals surface area contributed by atoms with Gasteiger partial charge in [0.1, 0.15) is 5.82 Å². The van der Waals surface area contributed by atoms with Crippen molar-refractivity contribution in [3.63, 3.8) is 0 Å². The van der Waals surface area contributed by atoms with Crippen LogP contribution >= 0.6 is 0 Å². The van der Waals surface area contributed by atoms with Crippen molar-refractivity contribution in [2.75, 3.05) is 25.4 Å². The highest BCUT2D eigenvalue weighted by atomic mass is 32.2. The molecule has 0 aromatic heterocycles. The van der Waals surface area contributed by atoms with E-state index in [1.807, 2.05) is 0 Å². The van der Waals surface area contributed by atoms with Gasteiger partial charge in [-0.15, -0.1) is 0 Å². The Labute approximate surface area is 124 Å². The van der Waals surface area contributed by atoms with Gasteiger partial charge in [0.05, 0.1) is 10.6 Å². The van der Waals surface area contributed by atoms with E-state index >= 15 is 0 Å². The van der Waals surface area contributed by atoms with E-state index in [1.54, 1.807) is 6.92 Å². The average Bonchev–Trinajstić information content (AvgIpc) is 2.43. The third-order valence-corrected chi connectivity index (χ3v) is 6.18. The summed E-state index contributed by atoms with van der Waals surface area (Å²) in [4.78, 5) is 2.34. The average molecular weight is 313 g/mol. The number of nitrogens with one attached hydrogen (secondary N) is 1. The first-order valence-electron chi connectivity index (χ1n) is 7.17. The first kappa shape index (κ1) is 14.7. The molecule has 3 aliphatic rings. The van der Waals surface area contributed by atoms with Crippen molar-refractivity contribution in [3.05, 3.63) is 23.5 Å². The van der Waals surface area contributed by atoms with Gasteiger partial charge in [-0.1, -0.05) is 0 Å². The Morgan fingerprint density at radius 2 is 2.00 bits per heavy atom. The molecule has 3 saturated heterocycles. The largest absolute Gasteiger partial charge is 0.396 e. The van der Waals surface area contributed by atoms with E-state index in [1.165, 1.54) is 12.1 Å². The predicted octanol–water partition coefficient (Wildman–Crippen LogP) is 1.09. The Kier molecular flexibility index (Phi) is 3.67. The molecule has 21 heavy (non-hydrogen) atoms. The zero-order valence-electron chi connectivity index (χ0n) is 12.0. The Bertz CT molecular complexity index is 654. The van der Waals surface area contributed by atoms with Crippen molar-refractivity contribution in [3.8, 4) is 0 Å². The first-order valence-corrected chi connectivity index (χ1v) is 8.65. The summed E-state index contributed by atoms with van der Waals surface area (Å²) >= 11 is 0. The maximum absolute atomic E-state index is 13.4. The van der Waals surface area contributed by atoms with E-state index in [2.05, 4.69) is 9.62 Å². The Balaban J connectivity index is 1.86. The van der Waals surface area contributed by atoms with Crippen LogP contribution in [0.5, 0.6) is 0 Å². The second-order valence-electron chi connectivity index (χ2n) is 6.01. The van der Waals surface area contributed by atoms with Gasteiger partial charge in [0.2, 0.25) is 10.0 Å². The van der Waals surface area contributed by atoms with Crippen LogP contribution in [0.25, 0.3) is 0 Å². The minimum absolute atomic E-state index is 0.0665. The zero-order valence-corrected chi connectivity index (χ0v) is 12.8. The summed E-state index contributed by atoms with van der Waals surface area (Å²) in [7, 11) is -3.68. The fourth-order valence-corrected chi connectivity index (χ4v) is 4.88. The van der Waals surface area contributed by atoms with Crippen LogP contribution in [0.4, 0.5) is 10.1 Å². The summed E-state index contributed by atoms with van der Waals surface area (Å²) < 4.78 is 41.3. The van der Waals surface area contributed by atoms with Crippen LogP contribution in [-0.2, 0) is 10.0 Å². The summed E-state index contributed by atoms with van der Waals surface area (Å²) in [6, 6.07) is 2.30. The number of fused-ring (bicyclic) bond motifs is 3. The van der Waals surface area contributed by atoms with Crippen LogP contribution in [-0.4, -0.2) is 39.0 Å². The standard InChI is InChI=1S/C14H20FN3O2S/c1-9-6-11(15)12(16)7-14(9)21(19,20)17-13-8-18-4-2-10(13)3-5-18/h6-7,10,13,17H,2-5,8,16H2,1H3. The van der Waals surface area contributed by atoms with Crippen molar-refractivity contribution in [2.45, 2.75) is 30.7 Å². The number of nitrogens with two attached hydrogens (primary N) is 1. The topological polar surface area (TPSA) is 75.4 Å². The molecule has 3 aliphatic heterocycles. The number of halogens is 1. The number of nitrogen functional groups attached to an aromatic ring is 1. The van der Waals surface area contributed by atoms with Crippen LogP contribution in [0.1, 0.15) is 18.4 Å². The summed E-state index contributed by atoms with van der Waals surface area (Å²) in [5.74, 6) is -0.197. The molecule has 0 spiro atoms. The molecule has 2 bridgehead atoms. The van der Waals surface area contributed by atoms with Crippen LogP contribution in [0.3, 0.4) is 0 Å². The van der Waals surface area contributed by atoms with Gasteiger partial charge in [0.25, 0.3) is 0 Å². The third-order valence-electron chi connectivity index (χ3n) is 4.55. The fourth-order valence-electron chi connectivity index (χ4n) is 3.32. The maximum atomic E-state index is 13.4. The number of aryl methyl sites for hydroxylation is 1. The van der Waals surface area contributed by atoms with E-state index in [-0.39, 0.29) is 16.6 Å². The number of benzene rings is 1. The van der Waals surface area contributed by atoms with Crippen molar-refractivity contribution in [1.29, 1.82) is 0 Å². The number of sulfonamides is 1. The minimum atomic E-state index is -3.68. The third kappa shape index (κ3) is 2.77. The molecule has 116 valence electrons. The normalized spacial score (nSPS) is 28.8. The van der Waals surface area contributed by atoms with Crippen LogP contribution in [0, 0.1) is 18.7 Å². The lowest BCUT2D eigenvalue weighted by Crippen LogP contribution is -2.57. The molecule has 7 heteroatoms. The van der Waals surface area contributed by atoms with Crippen molar-refractivity contribution < 1.29 is 12.8 Å². The lowest BCUT2D eigenvalue weighted by molar-refractivity contribution is 0.0827. The van der Waals surface area contributed by atoms with E-state index in [9.17, 15) is 12.8 Å². The summed E-state index contributed by atoms with van der Waals surface area (Å²) in [5.41, 5.74) is 5.73. The molecule has 3 fully saturated rings. The molecule has 0 aliphatic carbocycles. The van der Waals surface area contributed by atoms with Gasteiger partial charge >= 0.3 is 0 Å². The SMILES string of the molecule is Cc1cc(F)c(N)cc1S(=O)(=O)NC1CN2CCC1CC2. The molecule has 0 saturated carbocycles. The van der Waals surface area contributed by atoms with E-state index < -0.39 is 15.8 Å². The quantitative estimate of drug-likeness (QED) is 0.819. The highest BCUT2D eigenvalue weighted by molar-refractivity contribution is 7.89. The Hall–Kier alpha value is -1.18. The molecule has 1 aromatic rings. The molecule has 1 aromatic carbocycles. The second-order valence-corrected chi connectivity index (χ2v) is 7.69. The van der Waals surface area contributed by atoms with Gasteiger partial charge in [-0.05, 0) is 56.5 Å². The molecule has 5 nitrogen and oxygen atoms in total. The minimum Gasteiger partial charge on any atom is -0.396 e. The van der Waals surface area contributed by atoms with Gasteiger partial charge in [0, 0.05) is 12.6 Å². The Morgan fingerprint density at radius 3 is 2.57 bits per heavy atom. The second kappa shape index (κ2) is 5.23. The summed E-state index contributed by atoms with van der Waals surface area (Å²) in [5, 5.41) is 0. The van der Waals surface area contributed by atoms with Crippen LogP contribution in [0.2, 0.25) is 0 Å². The molecular formula is C14H20FN3O2S. The molecule has 0 radical (unpaired) electrons. The number of rotatable bonds is 3. The van der Waals surface area contributed by atoms with E-state index in [4.69, 9.17) is 5.73 Å². The van der Waals surface area contributed by atoms with E-state index in [0.717, 1.165) is 32.5 Å². The lowest BCUT2D eigenvalue weighted by Gasteiger charge is -2.44. The van der Waals surface area contributed by atoms with Gasteiger partial charge in [-0.3, -0.25) is 0 Å². The number of nitrogens with zero attached hydrogens (tertiary/aromatic N) is 1. The monoisotopic (exact) mass is 313 g/mol. The van der Waals surface area contributed by atoms with Crippen LogP contribution in [0.15, 0.2) is 17.0 Å². The molecule has 4 rings (SSSR count). The van der Waals surface area contributed by atoms with Crippen molar-refractivity contribution >= 4 is 15.7 Å². The smallest absolute Gasteiger partial charge is 0.241 e. The number of hydrogen-bond donors (Lipinski definition) is 2. The highest BCUT2D eigenvalue weighted by Gasteiger charge is 2.36. The number of anilines is 1.